The SMILES string of the molecule is CC[C@H]1[C@@H](O)[C@@H]2[C@H](CC[C@]3(C)[C@@H]([C@H](C)CCCC(=O)CS(=O)(=O)C4CCC(C)(C)CC4)CC[C@@H]23)[C@@]2(C)CC[C@@H](O)C[C@@H]12. The highest BCUT2D eigenvalue weighted by molar-refractivity contribution is 7.92. The van der Waals surface area contributed by atoms with Crippen molar-refractivity contribution < 1.29 is 23.4 Å². The van der Waals surface area contributed by atoms with Gasteiger partial charge in [0, 0.05) is 6.42 Å². The number of ketones is 1. The molecule has 0 aliphatic heterocycles. The topological polar surface area (TPSA) is 91.7 Å². The van der Waals surface area contributed by atoms with Gasteiger partial charge in [0.15, 0.2) is 9.84 Å². The van der Waals surface area contributed by atoms with Gasteiger partial charge in [0.05, 0.1) is 17.5 Å². The van der Waals surface area contributed by atoms with Crippen LogP contribution in [0.5, 0.6) is 0 Å². The Kier molecular flexibility index (Phi) is 9.44. The first-order chi connectivity index (χ1) is 19.6. The van der Waals surface area contributed by atoms with Crippen LogP contribution in [0.2, 0.25) is 0 Å². The van der Waals surface area contributed by atoms with E-state index in [4.69, 9.17) is 0 Å². The van der Waals surface area contributed by atoms with E-state index < -0.39 is 9.84 Å². The molecule has 0 heterocycles. The van der Waals surface area contributed by atoms with E-state index in [1.807, 2.05) is 0 Å². The monoisotopic (exact) mass is 606 g/mol. The van der Waals surface area contributed by atoms with E-state index in [1.165, 1.54) is 25.7 Å². The summed E-state index contributed by atoms with van der Waals surface area (Å²) in [4.78, 5) is 12.8. The van der Waals surface area contributed by atoms with Crippen LogP contribution in [0.1, 0.15) is 138 Å². The van der Waals surface area contributed by atoms with E-state index in [2.05, 4.69) is 41.5 Å². The van der Waals surface area contributed by atoms with Gasteiger partial charge in [-0.05, 0) is 135 Å². The van der Waals surface area contributed by atoms with Gasteiger partial charge in [0.2, 0.25) is 0 Å². The molecule has 0 amide bonds. The van der Waals surface area contributed by atoms with Crippen LogP contribution >= 0.6 is 0 Å². The second-order valence-corrected chi connectivity index (χ2v) is 19.5. The molecule has 0 aromatic rings. The quantitative estimate of drug-likeness (QED) is 0.286. The van der Waals surface area contributed by atoms with Crippen LogP contribution in [-0.4, -0.2) is 47.6 Å². The molecule has 5 aliphatic rings. The Morgan fingerprint density at radius 3 is 2.17 bits per heavy atom. The van der Waals surface area contributed by atoms with E-state index in [1.54, 1.807) is 0 Å². The molecule has 5 fully saturated rings. The van der Waals surface area contributed by atoms with Gasteiger partial charge >= 0.3 is 0 Å². The molecule has 5 saturated carbocycles. The molecular formula is C36H62O5S. The molecule has 0 bridgehead atoms. The van der Waals surface area contributed by atoms with Crippen LogP contribution in [0.4, 0.5) is 0 Å². The fourth-order valence-electron chi connectivity index (χ4n) is 11.9. The number of rotatable bonds is 9. The van der Waals surface area contributed by atoms with Gasteiger partial charge in [-0.1, -0.05) is 54.4 Å². The number of Topliss-reactive ketones (excluding diaryl/α,β-unsaturated/α-hetero) is 1. The first-order valence-electron chi connectivity index (χ1n) is 17.7. The molecule has 0 saturated heterocycles. The minimum atomic E-state index is -3.35. The fourth-order valence-corrected chi connectivity index (χ4v) is 13.7. The molecule has 0 unspecified atom stereocenters. The summed E-state index contributed by atoms with van der Waals surface area (Å²) in [7, 11) is -3.35. The Morgan fingerprint density at radius 2 is 1.50 bits per heavy atom. The normalized spacial score (nSPS) is 44.6. The van der Waals surface area contributed by atoms with Gasteiger partial charge in [-0.25, -0.2) is 8.42 Å². The number of hydrogen-bond acceptors (Lipinski definition) is 5. The lowest BCUT2D eigenvalue weighted by Crippen LogP contribution is -2.62. The molecule has 0 aromatic heterocycles. The van der Waals surface area contributed by atoms with E-state index in [0.29, 0.717) is 54.8 Å². The zero-order valence-electron chi connectivity index (χ0n) is 27.6. The third-order valence-electron chi connectivity index (χ3n) is 14.4. The maximum absolute atomic E-state index is 13.0. The van der Waals surface area contributed by atoms with Crippen LogP contribution < -0.4 is 0 Å². The van der Waals surface area contributed by atoms with Crippen LogP contribution in [-0.2, 0) is 14.6 Å². The van der Waals surface area contributed by atoms with Gasteiger partial charge in [0.1, 0.15) is 11.5 Å². The number of fused-ring (bicyclic) bond motifs is 5. The van der Waals surface area contributed by atoms with Gasteiger partial charge in [-0.2, -0.15) is 0 Å². The number of sulfone groups is 1. The van der Waals surface area contributed by atoms with Crippen molar-refractivity contribution in [2.75, 3.05) is 5.75 Å². The summed E-state index contributed by atoms with van der Waals surface area (Å²) in [6.07, 6.45) is 13.5. The van der Waals surface area contributed by atoms with Gasteiger partial charge < -0.3 is 10.2 Å². The summed E-state index contributed by atoms with van der Waals surface area (Å²) in [5.41, 5.74) is 0.663. The largest absolute Gasteiger partial charge is 0.393 e. The summed E-state index contributed by atoms with van der Waals surface area (Å²) in [5.74, 6) is 2.89. The molecule has 0 spiro atoms. The summed E-state index contributed by atoms with van der Waals surface area (Å²) < 4.78 is 25.9. The van der Waals surface area contributed by atoms with Crippen molar-refractivity contribution in [1.82, 2.24) is 0 Å². The molecule has 11 atom stereocenters. The van der Waals surface area contributed by atoms with Gasteiger partial charge in [0.25, 0.3) is 0 Å². The standard InChI is InChI=1S/C36H62O5S/c1-7-27-31-21-24(37)13-19-36(31,6)30-16-20-35(5)28(11-12-29(35)32(30)33(27)39)23(2)9-8-10-25(38)22-42(40,41)26-14-17-34(3,4)18-15-26/h23-24,26-33,37,39H,7-22H2,1-6H3/t23-,24-,27-,28-,29+,30+,31+,32+,33-,35-,36-/m1/s1. The molecular weight excluding hydrogens is 544 g/mol. The van der Waals surface area contributed by atoms with Crippen LogP contribution in [0.15, 0.2) is 0 Å². The number of carbonyl (C=O) groups excluding carboxylic acids is 1. The molecule has 5 aliphatic carbocycles. The molecule has 5 rings (SSSR count). The summed E-state index contributed by atoms with van der Waals surface area (Å²) in [6.45, 7) is 14.0. The predicted octanol–water partition coefficient (Wildman–Crippen LogP) is 7.37. The minimum Gasteiger partial charge on any atom is -0.393 e. The third kappa shape index (κ3) is 5.93. The maximum Gasteiger partial charge on any atom is 0.160 e. The first-order valence-corrected chi connectivity index (χ1v) is 19.4. The smallest absolute Gasteiger partial charge is 0.160 e. The Hall–Kier alpha value is -0.460. The number of aliphatic hydroxyl groups excluding tert-OH is 2. The van der Waals surface area contributed by atoms with E-state index in [0.717, 1.165) is 51.4 Å². The minimum absolute atomic E-state index is 0.0978. The van der Waals surface area contributed by atoms with Crippen molar-refractivity contribution in [3.63, 3.8) is 0 Å². The summed E-state index contributed by atoms with van der Waals surface area (Å²) >= 11 is 0. The van der Waals surface area contributed by atoms with E-state index in [9.17, 15) is 23.4 Å². The highest BCUT2D eigenvalue weighted by atomic mass is 32.2. The van der Waals surface area contributed by atoms with Crippen LogP contribution in [0.25, 0.3) is 0 Å². The first kappa shape index (κ1) is 32.9. The van der Waals surface area contributed by atoms with Crippen molar-refractivity contribution in [1.29, 1.82) is 0 Å². The molecule has 2 N–H and O–H groups in total. The fraction of sp³-hybridized carbons (Fsp3) is 0.972. The second kappa shape index (κ2) is 12.0. The van der Waals surface area contributed by atoms with Gasteiger partial charge in [-0.3, -0.25) is 4.79 Å². The highest BCUT2D eigenvalue weighted by Gasteiger charge is 2.64. The van der Waals surface area contributed by atoms with Crippen molar-refractivity contribution in [2.24, 2.45) is 57.7 Å². The number of hydrogen-bond donors (Lipinski definition) is 2. The van der Waals surface area contributed by atoms with Crippen LogP contribution in [0.3, 0.4) is 0 Å². The Morgan fingerprint density at radius 1 is 0.857 bits per heavy atom. The Labute approximate surface area is 257 Å². The lowest BCUT2D eigenvalue weighted by Gasteiger charge is -2.64. The summed E-state index contributed by atoms with van der Waals surface area (Å²) in [5, 5.41) is 22.2. The lowest BCUT2D eigenvalue weighted by atomic mass is 9.41. The average Bonchev–Trinajstić information content (AvgIpc) is 3.26. The zero-order valence-corrected chi connectivity index (χ0v) is 28.4. The van der Waals surface area contributed by atoms with Crippen molar-refractivity contribution in [3.8, 4) is 0 Å². The zero-order chi connectivity index (χ0) is 30.7. The predicted molar refractivity (Wildman–Crippen MR) is 170 cm³/mol. The van der Waals surface area contributed by atoms with Crippen molar-refractivity contribution in [2.45, 2.75) is 155 Å². The molecule has 0 radical (unpaired) electrons. The summed E-state index contributed by atoms with van der Waals surface area (Å²) in [6, 6.07) is 0. The Bertz CT molecular complexity index is 1070. The van der Waals surface area contributed by atoms with Gasteiger partial charge in [-0.15, -0.1) is 0 Å². The van der Waals surface area contributed by atoms with E-state index >= 15 is 0 Å². The number of aliphatic hydroxyl groups is 2. The molecule has 6 heteroatoms. The lowest BCUT2D eigenvalue weighted by molar-refractivity contribution is -0.203. The molecule has 0 aromatic carbocycles. The molecule has 42 heavy (non-hydrogen) atoms. The number of carbonyl (C=O) groups is 1. The second-order valence-electron chi connectivity index (χ2n) is 17.2. The highest BCUT2D eigenvalue weighted by Crippen LogP contribution is 2.69. The molecule has 242 valence electrons. The Balaban J connectivity index is 1.18. The third-order valence-corrected chi connectivity index (χ3v) is 16.6. The van der Waals surface area contributed by atoms with Crippen molar-refractivity contribution >= 4 is 15.6 Å². The average molecular weight is 607 g/mol. The molecule has 5 nitrogen and oxygen atoms in total. The van der Waals surface area contributed by atoms with E-state index in [-0.39, 0.29) is 51.2 Å². The van der Waals surface area contributed by atoms with Crippen molar-refractivity contribution in [3.05, 3.63) is 0 Å². The van der Waals surface area contributed by atoms with Crippen LogP contribution in [0, 0.1) is 57.7 Å². The maximum atomic E-state index is 13.0.